The van der Waals surface area contributed by atoms with Gasteiger partial charge in [0, 0.05) is 21.3 Å². The number of rotatable bonds is 4. The summed E-state index contributed by atoms with van der Waals surface area (Å²) in [6, 6.07) is 11.2. The minimum Gasteiger partial charge on any atom is -0.493 e. The van der Waals surface area contributed by atoms with Crippen LogP contribution in [0.1, 0.15) is 19.8 Å². The van der Waals surface area contributed by atoms with E-state index in [4.69, 9.17) is 9.15 Å². The Morgan fingerprint density at radius 2 is 1.90 bits per heavy atom. The maximum atomic E-state index is 12.1. The van der Waals surface area contributed by atoms with Gasteiger partial charge in [-0.25, -0.2) is 4.79 Å². The van der Waals surface area contributed by atoms with Crippen LogP contribution in [0.25, 0.3) is 21.7 Å². The quantitative estimate of drug-likeness (QED) is 0.383. The molecular formula is C17H15BrO3. The lowest BCUT2D eigenvalue weighted by atomic mass is 10.1. The summed E-state index contributed by atoms with van der Waals surface area (Å²) in [7, 11) is 0. The molecular weight excluding hydrogens is 332 g/mol. The zero-order chi connectivity index (χ0) is 14.8. The van der Waals surface area contributed by atoms with Gasteiger partial charge in [0.05, 0.1) is 12.0 Å². The molecule has 0 radical (unpaired) electrons. The van der Waals surface area contributed by atoms with Gasteiger partial charge in [-0.05, 0) is 36.8 Å². The first-order chi connectivity index (χ1) is 10.2. The van der Waals surface area contributed by atoms with E-state index in [1.807, 2.05) is 24.3 Å². The van der Waals surface area contributed by atoms with Crippen molar-refractivity contribution in [2.75, 3.05) is 6.61 Å². The van der Waals surface area contributed by atoms with Crippen LogP contribution >= 0.6 is 15.9 Å². The van der Waals surface area contributed by atoms with E-state index in [2.05, 4.69) is 22.9 Å². The molecule has 0 atom stereocenters. The molecule has 4 heteroatoms. The van der Waals surface area contributed by atoms with Crippen molar-refractivity contribution in [3.8, 4) is 5.75 Å². The van der Waals surface area contributed by atoms with Crippen molar-refractivity contribution >= 4 is 37.7 Å². The largest absolute Gasteiger partial charge is 0.493 e. The molecule has 2 aromatic carbocycles. The normalized spacial score (nSPS) is 11.1. The Kier molecular flexibility index (Phi) is 3.97. The zero-order valence-corrected chi connectivity index (χ0v) is 13.3. The molecule has 0 N–H and O–H groups in total. The first kappa shape index (κ1) is 14.1. The van der Waals surface area contributed by atoms with E-state index in [1.165, 1.54) is 0 Å². The lowest BCUT2D eigenvalue weighted by Crippen LogP contribution is -2.00. The number of unbranched alkanes of at least 4 members (excludes halogenated alkanes) is 1. The Morgan fingerprint density at radius 3 is 2.71 bits per heavy atom. The van der Waals surface area contributed by atoms with E-state index in [0.29, 0.717) is 17.6 Å². The molecule has 3 nitrogen and oxygen atoms in total. The van der Waals surface area contributed by atoms with E-state index >= 15 is 0 Å². The number of halogens is 1. The summed E-state index contributed by atoms with van der Waals surface area (Å²) in [5.41, 5.74) is 0.232. The van der Waals surface area contributed by atoms with Gasteiger partial charge in [-0.1, -0.05) is 29.3 Å². The summed E-state index contributed by atoms with van der Waals surface area (Å²) in [5.74, 6) is 0.730. The number of ether oxygens (including phenoxy) is 1. The van der Waals surface area contributed by atoms with Crippen LogP contribution in [0.2, 0.25) is 0 Å². The lowest BCUT2D eigenvalue weighted by molar-refractivity contribution is 0.309. The summed E-state index contributed by atoms with van der Waals surface area (Å²) in [4.78, 5) is 12.1. The molecule has 108 valence electrons. The molecule has 0 bridgehead atoms. The molecule has 0 unspecified atom stereocenters. The van der Waals surface area contributed by atoms with E-state index in [-0.39, 0.29) is 5.63 Å². The maximum absolute atomic E-state index is 12.1. The van der Waals surface area contributed by atoms with Gasteiger partial charge in [0.25, 0.3) is 0 Å². The van der Waals surface area contributed by atoms with Gasteiger partial charge in [0.2, 0.25) is 0 Å². The van der Waals surface area contributed by atoms with Crippen molar-refractivity contribution < 1.29 is 9.15 Å². The third-order valence-electron chi connectivity index (χ3n) is 3.41. The Hall–Kier alpha value is -1.81. The predicted molar refractivity (Wildman–Crippen MR) is 88.1 cm³/mol. The third-order valence-corrected chi connectivity index (χ3v) is 3.91. The highest BCUT2D eigenvalue weighted by atomic mass is 79.9. The SMILES string of the molecule is CCCCOc1ccc2c(c1)oc(=O)c1ccc(Br)cc12. The Bertz CT molecular complexity index is 852. The molecule has 1 heterocycles. The van der Waals surface area contributed by atoms with Gasteiger partial charge in [-0.2, -0.15) is 0 Å². The fourth-order valence-corrected chi connectivity index (χ4v) is 2.67. The second-order valence-corrected chi connectivity index (χ2v) is 5.86. The van der Waals surface area contributed by atoms with Crippen LogP contribution in [0, 0.1) is 0 Å². The first-order valence-electron chi connectivity index (χ1n) is 6.98. The molecule has 0 aliphatic rings. The van der Waals surface area contributed by atoms with Crippen molar-refractivity contribution in [2.45, 2.75) is 19.8 Å². The minimum absolute atomic E-state index is 0.323. The van der Waals surface area contributed by atoms with Gasteiger partial charge in [-0.3, -0.25) is 0 Å². The lowest BCUT2D eigenvalue weighted by Gasteiger charge is -2.07. The monoisotopic (exact) mass is 346 g/mol. The van der Waals surface area contributed by atoms with Crippen LogP contribution in [0.4, 0.5) is 0 Å². The van der Waals surface area contributed by atoms with Crippen molar-refractivity contribution in [1.29, 1.82) is 0 Å². The van der Waals surface area contributed by atoms with Crippen LogP contribution in [0.15, 0.2) is 50.1 Å². The highest BCUT2D eigenvalue weighted by Gasteiger charge is 2.08. The summed E-state index contributed by atoms with van der Waals surface area (Å²) in [5, 5.41) is 2.38. The zero-order valence-electron chi connectivity index (χ0n) is 11.7. The van der Waals surface area contributed by atoms with Gasteiger partial charge in [0.1, 0.15) is 11.3 Å². The van der Waals surface area contributed by atoms with E-state index in [1.54, 1.807) is 12.1 Å². The number of hydrogen-bond acceptors (Lipinski definition) is 3. The standard InChI is InChI=1S/C17H15BrO3/c1-2-3-8-20-12-5-7-13-15-9-11(18)4-6-14(15)17(19)21-16(13)10-12/h4-7,9-10H,2-3,8H2,1H3. The molecule has 0 aliphatic carbocycles. The molecule has 1 aromatic heterocycles. The number of benzene rings is 2. The second kappa shape index (κ2) is 5.90. The summed E-state index contributed by atoms with van der Waals surface area (Å²) in [6.45, 7) is 2.79. The Morgan fingerprint density at radius 1 is 1.10 bits per heavy atom. The minimum atomic E-state index is -0.323. The molecule has 0 saturated carbocycles. The molecule has 0 spiro atoms. The molecule has 0 saturated heterocycles. The summed E-state index contributed by atoms with van der Waals surface area (Å²) < 4.78 is 12.0. The summed E-state index contributed by atoms with van der Waals surface area (Å²) >= 11 is 3.44. The molecule has 0 aliphatic heterocycles. The molecule has 0 fully saturated rings. The van der Waals surface area contributed by atoms with Crippen LogP contribution in [-0.2, 0) is 0 Å². The number of hydrogen-bond donors (Lipinski definition) is 0. The Labute approximate surface area is 130 Å². The summed E-state index contributed by atoms with van der Waals surface area (Å²) in [6.07, 6.45) is 2.09. The predicted octanol–water partition coefficient (Wildman–Crippen LogP) is 4.89. The van der Waals surface area contributed by atoms with E-state index < -0.39 is 0 Å². The van der Waals surface area contributed by atoms with Crippen LogP contribution in [-0.4, -0.2) is 6.61 Å². The van der Waals surface area contributed by atoms with Gasteiger partial charge in [0.15, 0.2) is 0 Å². The smallest absolute Gasteiger partial charge is 0.344 e. The van der Waals surface area contributed by atoms with Gasteiger partial charge < -0.3 is 9.15 Å². The van der Waals surface area contributed by atoms with Gasteiger partial charge in [-0.15, -0.1) is 0 Å². The topological polar surface area (TPSA) is 39.4 Å². The fraction of sp³-hybridized carbons (Fsp3) is 0.235. The molecule has 21 heavy (non-hydrogen) atoms. The fourth-order valence-electron chi connectivity index (χ4n) is 2.31. The van der Waals surface area contributed by atoms with Crippen molar-refractivity contribution in [3.05, 3.63) is 51.3 Å². The maximum Gasteiger partial charge on any atom is 0.344 e. The van der Waals surface area contributed by atoms with Gasteiger partial charge >= 0.3 is 5.63 Å². The average molecular weight is 347 g/mol. The highest BCUT2D eigenvalue weighted by molar-refractivity contribution is 9.10. The number of fused-ring (bicyclic) bond motifs is 3. The third kappa shape index (κ3) is 2.81. The average Bonchev–Trinajstić information content (AvgIpc) is 2.47. The molecule has 0 amide bonds. The Balaban J connectivity index is 2.14. The van der Waals surface area contributed by atoms with Crippen LogP contribution in [0.3, 0.4) is 0 Å². The van der Waals surface area contributed by atoms with Crippen LogP contribution in [0.5, 0.6) is 5.75 Å². The van der Waals surface area contributed by atoms with E-state index in [0.717, 1.165) is 33.8 Å². The van der Waals surface area contributed by atoms with Crippen molar-refractivity contribution in [3.63, 3.8) is 0 Å². The van der Waals surface area contributed by atoms with Crippen molar-refractivity contribution in [1.82, 2.24) is 0 Å². The molecule has 3 rings (SSSR count). The van der Waals surface area contributed by atoms with Crippen molar-refractivity contribution in [2.24, 2.45) is 0 Å². The highest BCUT2D eigenvalue weighted by Crippen LogP contribution is 2.28. The van der Waals surface area contributed by atoms with Crippen LogP contribution < -0.4 is 10.4 Å². The van der Waals surface area contributed by atoms with E-state index in [9.17, 15) is 4.79 Å². The first-order valence-corrected chi connectivity index (χ1v) is 7.77. The second-order valence-electron chi connectivity index (χ2n) is 4.94. The molecule has 3 aromatic rings.